The fourth-order valence-corrected chi connectivity index (χ4v) is 3.21. The predicted octanol–water partition coefficient (Wildman–Crippen LogP) is 4.29. The van der Waals surface area contributed by atoms with Gasteiger partial charge in [0.15, 0.2) is 6.61 Å². The van der Waals surface area contributed by atoms with Crippen molar-refractivity contribution in [1.82, 2.24) is 15.2 Å². The third-order valence-corrected chi connectivity index (χ3v) is 5.02. The minimum atomic E-state index is -0.356. The van der Waals surface area contributed by atoms with Crippen molar-refractivity contribution in [3.8, 4) is 11.4 Å². The molecular formula is C22H23ClN4O2. The Kier molecular flexibility index (Phi) is 6.34. The Hall–Kier alpha value is -3.12. The normalized spacial score (nSPS) is 11.1. The Morgan fingerprint density at radius 2 is 1.83 bits per heavy atom. The van der Waals surface area contributed by atoms with Crippen LogP contribution in [0.4, 0.5) is 0 Å². The standard InChI is InChI=1S/C22H23ClN4O2/c1-14-10-11-15(2)21(16(14)3)29-13-20(28)25-24-12-19-17(4)26-27(22(19)23)18-8-6-5-7-9-18/h5-12H,13H2,1-4H3,(H,25,28)/b24-12+. The maximum atomic E-state index is 12.1. The fraction of sp³-hybridized carbons (Fsp3) is 0.227. The lowest BCUT2D eigenvalue weighted by Gasteiger charge is -2.13. The van der Waals surface area contributed by atoms with E-state index in [0.717, 1.165) is 28.1 Å². The van der Waals surface area contributed by atoms with E-state index in [1.165, 1.54) is 6.21 Å². The van der Waals surface area contributed by atoms with Gasteiger partial charge in [0.1, 0.15) is 10.9 Å². The Labute approximate surface area is 175 Å². The van der Waals surface area contributed by atoms with Crippen molar-refractivity contribution in [3.05, 3.63) is 75.6 Å². The molecule has 1 heterocycles. The summed E-state index contributed by atoms with van der Waals surface area (Å²) < 4.78 is 7.33. The van der Waals surface area contributed by atoms with Crippen molar-refractivity contribution >= 4 is 23.7 Å². The van der Waals surface area contributed by atoms with Crippen LogP contribution >= 0.6 is 11.6 Å². The summed E-state index contributed by atoms with van der Waals surface area (Å²) in [6.45, 7) is 7.64. The molecule has 0 aliphatic carbocycles. The Morgan fingerprint density at radius 3 is 2.55 bits per heavy atom. The van der Waals surface area contributed by atoms with Crippen LogP contribution in [0.1, 0.15) is 27.9 Å². The Balaban J connectivity index is 1.64. The summed E-state index contributed by atoms with van der Waals surface area (Å²) in [5.74, 6) is 0.373. The number of hydrazone groups is 1. The molecule has 0 bridgehead atoms. The number of carbonyl (C=O) groups is 1. The highest BCUT2D eigenvalue weighted by Gasteiger charge is 2.13. The third-order valence-electron chi connectivity index (χ3n) is 4.65. The fourth-order valence-electron chi connectivity index (χ4n) is 2.88. The summed E-state index contributed by atoms with van der Waals surface area (Å²) in [4.78, 5) is 12.1. The molecule has 1 aromatic heterocycles. The van der Waals surface area contributed by atoms with E-state index in [4.69, 9.17) is 16.3 Å². The number of nitrogens with one attached hydrogen (secondary N) is 1. The van der Waals surface area contributed by atoms with E-state index in [0.29, 0.717) is 16.4 Å². The number of aromatic nitrogens is 2. The van der Waals surface area contributed by atoms with E-state index in [-0.39, 0.29) is 12.5 Å². The molecule has 150 valence electrons. The number of ether oxygens (including phenoxy) is 1. The van der Waals surface area contributed by atoms with Gasteiger partial charge in [0.25, 0.3) is 5.91 Å². The summed E-state index contributed by atoms with van der Waals surface area (Å²) in [6.07, 6.45) is 1.49. The Bertz CT molecular complexity index is 1060. The van der Waals surface area contributed by atoms with Crippen LogP contribution < -0.4 is 10.2 Å². The van der Waals surface area contributed by atoms with Gasteiger partial charge >= 0.3 is 0 Å². The van der Waals surface area contributed by atoms with Gasteiger partial charge in [-0.2, -0.15) is 10.2 Å². The average Bonchev–Trinajstić information content (AvgIpc) is 3.00. The van der Waals surface area contributed by atoms with Gasteiger partial charge < -0.3 is 4.74 Å². The summed E-state index contributed by atoms with van der Waals surface area (Å²) >= 11 is 6.44. The number of carbonyl (C=O) groups excluding carboxylic acids is 1. The van der Waals surface area contributed by atoms with Gasteiger partial charge in [-0.25, -0.2) is 10.1 Å². The van der Waals surface area contributed by atoms with Crippen LogP contribution in [0, 0.1) is 27.7 Å². The van der Waals surface area contributed by atoms with Gasteiger partial charge in [-0.3, -0.25) is 4.79 Å². The lowest BCUT2D eigenvalue weighted by atomic mass is 10.1. The van der Waals surface area contributed by atoms with Crippen LogP contribution in [0.3, 0.4) is 0 Å². The number of nitrogens with zero attached hydrogens (tertiary/aromatic N) is 3. The van der Waals surface area contributed by atoms with E-state index < -0.39 is 0 Å². The quantitative estimate of drug-likeness (QED) is 0.487. The van der Waals surface area contributed by atoms with E-state index >= 15 is 0 Å². The molecule has 0 saturated heterocycles. The molecule has 7 heteroatoms. The first kappa shape index (κ1) is 20.6. The molecule has 0 fully saturated rings. The SMILES string of the molecule is Cc1ccc(C)c(OCC(=O)N/N=C/c2c(C)nn(-c3ccccc3)c2Cl)c1C. The second kappa shape index (κ2) is 8.92. The second-order valence-corrected chi connectivity index (χ2v) is 7.13. The number of rotatable bonds is 6. The zero-order chi connectivity index (χ0) is 21.0. The number of halogens is 1. The minimum Gasteiger partial charge on any atom is -0.483 e. The summed E-state index contributed by atoms with van der Waals surface area (Å²) in [7, 11) is 0. The van der Waals surface area contributed by atoms with Gasteiger partial charge in [0.2, 0.25) is 0 Å². The molecule has 1 N–H and O–H groups in total. The highest BCUT2D eigenvalue weighted by Crippen LogP contribution is 2.25. The average molecular weight is 411 g/mol. The molecule has 0 spiro atoms. The van der Waals surface area contributed by atoms with Gasteiger partial charge in [-0.15, -0.1) is 0 Å². The molecule has 0 atom stereocenters. The van der Waals surface area contributed by atoms with Crippen molar-refractivity contribution in [2.45, 2.75) is 27.7 Å². The van der Waals surface area contributed by atoms with Crippen LogP contribution in [-0.2, 0) is 4.79 Å². The first-order valence-corrected chi connectivity index (χ1v) is 9.58. The molecule has 0 unspecified atom stereocenters. The van der Waals surface area contributed by atoms with Crippen LogP contribution in [0.25, 0.3) is 5.69 Å². The zero-order valence-electron chi connectivity index (χ0n) is 16.9. The van der Waals surface area contributed by atoms with Crippen molar-refractivity contribution in [3.63, 3.8) is 0 Å². The molecule has 2 aromatic carbocycles. The molecule has 1 amide bonds. The van der Waals surface area contributed by atoms with E-state index in [1.807, 2.05) is 70.2 Å². The van der Waals surface area contributed by atoms with Crippen LogP contribution in [-0.4, -0.2) is 28.5 Å². The minimum absolute atomic E-state index is 0.127. The number of para-hydroxylation sites is 1. The summed E-state index contributed by atoms with van der Waals surface area (Å²) in [6, 6.07) is 13.6. The van der Waals surface area contributed by atoms with E-state index in [9.17, 15) is 4.79 Å². The van der Waals surface area contributed by atoms with Gasteiger partial charge in [-0.1, -0.05) is 41.9 Å². The maximum Gasteiger partial charge on any atom is 0.277 e. The van der Waals surface area contributed by atoms with E-state index in [2.05, 4.69) is 15.6 Å². The highest BCUT2D eigenvalue weighted by molar-refractivity contribution is 6.32. The van der Waals surface area contributed by atoms with Crippen LogP contribution in [0.2, 0.25) is 5.15 Å². The summed E-state index contributed by atoms with van der Waals surface area (Å²) in [5, 5.41) is 8.87. The molecule has 6 nitrogen and oxygen atoms in total. The zero-order valence-corrected chi connectivity index (χ0v) is 17.6. The first-order valence-electron chi connectivity index (χ1n) is 9.20. The molecule has 29 heavy (non-hydrogen) atoms. The highest BCUT2D eigenvalue weighted by atomic mass is 35.5. The summed E-state index contributed by atoms with van der Waals surface area (Å²) in [5.41, 5.74) is 7.79. The van der Waals surface area contributed by atoms with E-state index in [1.54, 1.807) is 4.68 Å². The van der Waals surface area contributed by atoms with Crippen molar-refractivity contribution < 1.29 is 9.53 Å². The smallest absolute Gasteiger partial charge is 0.277 e. The predicted molar refractivity (Wildman–Crippen MR) is 115 cm³/mol. The number of amides is 1. The molecule has 3 aromatic rings. The topological polar surface area (TPSA) is 68.5 Å². The van der Waals surface area contributed by atoms with Gasteiger partial charge in [-0.05, 0) is 56.5 Å². The molecule has 0 radical (unpaired) electrons. The lowest BCUT2D eigenvalue weighted by molar-refractivity contribution is -0.123. The monoisotopic (exact) mass is 410 g/mol. The van der Waals surface area contributed by atoms with Crippen molar-refractivity contribution in [2.75, 3.05) is 6.61 Å². The van der Waals surface area contributed by atoms with Crippen LogP contribution in [0.15, 0.2) is 47.6 Å². The largest absolute Gasteiger partial charge is 0.483 e. The molecule has 0 aliphatic rings. The van der Waals surface area contributed by atoms with Crippen molar-refractivity contribution in [2.24, 2.45) is 5.10 Å². The van der Waals surface area contributed by atoms with Crippen LogP contribution in [0.5, 0.6) is 5.75 Å². The lowest BCUT2D eigenvalue weighted by Crippen LogP contribution is -2.25. The number of benzene rings is 2. The molecular weight excluding hydrogens is 388 g/mol. The Morgan fingerprint density at radius 1 is 1.14 bits per heavy atom. The maximum absolute atomic E-state index is 12.1. The number of aryl methyl sites for hydroxylation is 3. The molecule has 0 saturated carbocycles. The number of hydrogen-bond acceptors (Lipinski definition) is 4. The van der Waals surface area contributed by atoms with Crippen molar-refractivity contribution in [1.29, 1.82) is 0 Å². The molecule has 3 rings (SSSR count). The first-order chi connectivity index (χ1) is 13.9. The third kappa shape index (κ3) is 4.66. The van der Waals surface area contributed by atoms with Gasteiger partial charge in [0.05, 0.1) is 23.2 Å². The number of hydrogen-bond donors (Lipinski definition) is 1. The van der Waals surface area contributed by atoms with Gasteiger partial charge in [0, 0.05) is 0 Å². The molecule has 0 aliphatic heterocycles. The second-order valence-electron chi connectivity index (χ2n) is 6.77.